The van der Waals surface area contributed by atoms with Gasteiger partial charge in [0.25, 0.3) is 0 Å². The van der Waals surface area contributed by atoms with E-state index in [0.717, 1.165) is 93.7 Å². The van der Waals surface area contributed by atoms with Crippen molar-refractivity contribution in [3.8, 4) is 51.2 Å². The molecule has 0 saturated carbocycles. The predicted molar refractivity (Wildman–Crippen MR) is 259 cm³/mol. The van der Waals surface area contributed by atoms with Crippen LogP contribution in [0.1, 0.15) is 0 Å². The highest BCUT2D eigenvalue weighted by molar-refractivity contribution is 6.24. The molecule has 9 aromatic carbocycles. The maximum Gasteiger partial charge on any atom is 0.238 e. The molecule has 0 atom stereocenters. The van der Waals surface area contributed by atoms with Crippen LogP contribution in [0.5, 0.6) is 0 Å². The van der Waals surface area contributed by atoms with Crippen molar-refractivity contribution < 1.29 is 0 Å². The lowest BCUT2D eigenvalue weighted by Crippen LogP contribution is -2.07. The Balaban J connectivity index is 1.17. The first kappa shape index (κ1) is 35.2. The van der Waals surface area contributed by atoms with Gasteiger partial charge in [0.05, 0.1) is 33.1 Å². The van der Waals surface area contributed by atoms with Crippen molar-refractivity contribution in [3.05, 3.63) is 218 Å². The molecule has 294 valence electrons. The van der Waals surface area contributed by atoms with E-state index in [4.69, 9.17) is 15.0 Å². The lowest BCUT2D eigenvalue weighted by molar-refractivity contribution is 0.954. The van der Waals surface area contributed by atoms with Gasteiger partial charge in [-0.25, -0.2) is 4.98 Å². The Kier molecular flexibility index (Phi) is 7.80. The first-order valence-corrected chi connectivity index (χ1v) is 21.3. The molecule has 63 heavy (non-hydrogen) atoms. The fourth-order valence-corrected chi connectivity index (χ4v) is 9.80. The van der Waals surface area contributed by atoms with Gasteiger partial charge in [0, 0.05) is 54.8 Å². The standard InChI is InChI=1S/C57H36N6/c1-4-18-37(19-5-1)38-20-16-21-39(36-38)55-58-56(47-29-17-33-51-52(47)46-28-12-15-32-50(46)61(51)40-22-6-2-7-23-40)60-57(59-55)63-49-31-14-11-27-43(49)45-35-34-44-42-26-10-13-30-48(42)62(53(44)54(45)63)41-24-8-3-9-25-41/h1-36H. The molecule has 0 aliphatic heterocycles. The van der Waals surface area contributed by atoms with Crippen LogP contribution in [0.2, 0.25) is 0 Å². The number of aromatic nitrogens is 6. The quantitative estimate of drug-likeness (QED) is 0.168. The van der Waals surface area contributed by atoms with Crippen LogP contribution in [0.25, 0.3) is 117 Å². The summed E-state index contributed by atoms with van der Waals surface area (Å²) in [4.78, 5) is 16.5. The van der Waals surface area contributed by atoms with Crippen LogP contribution in [0.3, 0.4) is 0 Å². The molecule has 0 saturated heterocycles. The molecule has 0 aliphatic rings. The zero-order chi connectivity index (χ0) is 41.4. The Morgan fingerprint density at radius 1 is 0.286 bits per heavy atom. The molecule has 13 rings (SSSR count). The number of para-hydroxylation sites is 5. The highest BCUT2D eigenvalue weighted by Crippen LogP contribution is 2.43. The van der Waals surface area contributed by atoms with Gasteiger partial charge in [0.2, 0.25) is 5.95 Å². The molecule has 4 heterocycles. The fourth-order valence-electron chi connectivity index (χ4n) is 9.80. The van der Waals surface area contributed by atoms with Gasteiger partial charge >= 0.3 is 0 Å². The van der Waals surface area contributed by atoms with Crippen LogP contribution in [0.15, 0.2) is 218 Å². The second-order valence-corrected chi connectivity index (χ2v) is 16.0. The van der Waals surface area contributed by atoms with Crippen molar-refractivity contribution in [2.75, 3.05) is 0 Å². The van der Waals surface area contributed by atoms with Crippen LogP contribution < -0.4 is 0 Å². The third kappa shape index (κ3) is 5.41. The largest absolute Gasteiger partial charge is 0.309 e. The molecule has 0 amide bonds. The second-order valence-electron chi connectivity index (χ2n) is 16.0. The first-order chi connectivity index (χ1) is 31.3. The normalized spacial score (nSPS) is 11.8. The average Bonchev–Trinajstić information content (AvgIpc) is 4.01. The molecule has 6 heteroatoms. The van der Waals surface area contributed by atoms with Crippen molar-refractivity contribution in [1.82, 2.24) is 28.7 Å². The topological polar surface area (TPSA) is 53.5 Å². The van der Waals surface area contributed by atoms with Crippen LogP contribution in [0.4, 0.5) is 0 Å². The molecule has 0 aliphatic carbocycles. The third-order valence-electron chi connectivity index (χ3n) is 12.5. The van der Waals surface area contributed by atoms with Gasteiger partial charge in [0.1, 0.15) is 0 Å². The fraction of sp³-hybridized carbons (Fsp3) is 0. The van der Waals surface area contributed by atoms with Crippen LogP contribution in [0, 0.1) is 0 Å². The lowest BCUT2D eigenvalue weighted by atomic mass is 10.0. The zero-order valence-corrected chi connectivity index (χ0v) is 34.0. The Morgan fingerprint density at radius 2 is 0.762 bits per heavy atom. The molecule has 13 aromatic rings. The summed E-state index contributed by atoms with van der Waals surface area (Å²) in [7, 11) is 0. The first-order valence-electron chi connectivity index (χ1n) is 21.3. The summed E-state index contributed by atoms with van der Waals surface area (Å²) < 4.78 is 7.01. The summed E-state index contributed by atoms with van der Waals surface area (Å²) in [5.41, 5.74) is 12.7. The third-order valence-corrected chi connectivity index (χ3v) is 12.5. The summed E-state index contributed by atoms with van der Waals surface area (Å²) in [5.74, 6) is 1.74. The minimum Gasteiger partial charge on any atom is -0.309 e. The van der Waals surface area contributed by atoms with E-state index >= 15 is 0 Å². The smallest absolute Gasteiger partial charge is 0.238 e. The SMILES string of the molecule is c1ccc(-c2cccc(-c3nc(-c4cccc5c4c4ccccc4n5-c4ccccc4)nc(-n4c5ccccc5c5ccc6c7ccccc7n(-c7ccccc7)c6c54)n3)c2)cc1. The Morgan fingerprint density at radius 3 is 1.44 bits per heavy atom. The molecule has 0 fully saturated rings. The number of rotatable bonds is 6. The van der Waals surface area contributed by atoms with Gasteiger partial charge in [-0.2, -0.15) is 9.97 Å². The minimum atomic E-state index is 0.549. The zero-order valence-electron chi connectivity index (χ0n) is 34.0. The maximum atomic E-state index is 5.58. The van der Waals surface area contributed by atoms with Crippen LogP contribution in [-0.4, -0.2) is 28.7 Å². The van der Waals surface area contributed by atoms with E-state index < -0.39 is 0 Å². The van der Waals surface area contributed by atoms with Gasteiger partial charge in [-0.15, -0.1) is 0 Å². The Hall–Kier alpha value is -8.61. The number of hydrogen-bond donors (Lipinski definition) is 0. The van der Waals surface area contributed by atoms with E-state index in [-0.39, 0.29) is 0 Å². The average molecular weight is 805 g/mol. The summed E-state index contributed by atoms with van der Waals surface area (Å²) in [6.45, 7) is 0. The van der Waals surface area contributed by atoms with E-state index in [1.165, 1.54) is 5.39 Å². The van der Waals surface area contributed by atoms with Gasteiger partial charge in [-0.1, -0.05) is 164 Å². The number of fused-ring (bicyclic) bond motifs is 10. The second kappa shape index (κ2) is 14.0. The molecule has 4 aromatic heterocycles. The minimum absolute atomic E-state index is 0.549. The van der Waals surface area contributed by atoms with E-state index in [1.807, 2.05) is 6.07 Å². The monoisotopic (exact) mass is 804 g/mol. The highest BCUT2D eigenvalue weighted by atomic mass is 15.2. The van der Waals surface area contributed by atoms with Gasteiger partial charge in [-0.05, 0) is 65.7 Å². The lowest BCUT2D eigenvalue weighted by Gasteiger charge is -2.14. The molecular formula is C57H36N6. The van der Waals surface area contributed by atoms with E-state index in [0.29, 0.717) is 17.6 Å². The summed E-state index contributed by atoms with van der Waals surface area (Å²) in [5, 5.41) is 6.82. The van der Waals surface area contributed by atoms with Crippen LogP contribution in [-0.2, 0) is 0 Å². The van der Waals surface area contributed by atoms with Gasteiger partial charge in [-0.3, -0.25) is 4.57 Å². The molecule has 0 spiro atoms. The molecule has 0 bridgehead atoms. The predicted octanol–water partition coefficient (Wildman–Crippen LogP) is 14.2. The molecule has 0 unspecified atom stereocenters. The number of nitrogens with zero attached hydrogens (tertiary/aromatic N) is 6. The van der Waals surface area contributed by atoms with Gasteiger partial charge < -0.3 is 9.13 Å². The van der Waals surface area contributed by atoms with Crippen molar-refractivity contribution in [1.29, 1.82) is 0 Å². The van der Waals surface area contributed by atoms with E-state index in [9.17, 15) is 0 Å². The summed E-state index contributed by atoms with van der Waals surface area (Å²) in [6.07, 6.45) is 0. The van der Waals surface area contributed by atoms with Crippen molar-refractivity contribution in [2.45, 2.75) is 0 Å². The molecule has 6 nitrogen and oxygen atoms in total. The highest BCUT2D eigenvalue weighted by Gasteiger charge is 2.25. The maximum absolute atomic E-state index is 5.58. The van der Waals surface area contributed by atoms with E-state index in [2.05, 4.69) is 226 Å². The Bertz CT molecular complexity index is 3900. The van der Waals surface area contributed by atoms with Crippen molar-refractivity contribution in [3.63, 3.8) is 0 Å². The van der Waals surface area contributed by atoms with Gasteiger partial charge in [0.15, 0.2) is 11.6 Å². The summed E-state index contributed by atoms with van der Waals surface area (Å²) >= 11 is 0. The molecule has 0 N–H and O–H groups in total. The molecule has 0 radical (unpaired) electrons. The van der Waals surface area contributed by atoms with Crippen molar-refractivity contribution in [2.24, 2.45) is 0 Å². The van der Waals surface area contributed by atoms with E-state index in [1.54, 1.807) is 0 Å². The van der Waals surface area contributed by atoms with Crippen LogP contribution >= 0.6 is 0 Å². The summed E-state index contributed by atoms with van der Waals surface area (Å²) in [6, 6.07) is 77.2. The van der Waals surface area contributed by atoms with Crippen molar-refractivity contribution >= 4 is 65.4 Å². The molecular weight excluding hydrogens is 769 g/mol. The Labute approximate surface area is 362 Å². The number of hydrogen-bond acceptors (Lipinski definition) is 3. The number of benzene rings is 9.